The molecule has 132 valence electrons. The van der Waals surface area contributed by atoms with Gasteiger partial charge in [-0.1, -0.05) is 0 Å². The molecule has 24 heavy (non-hydrogen) atoms. The van der Waals surface area contributed by atoms with Gasteiger partial charge in [0.05, 0.1) is 16.3 Å². The van der Waals surface area contributed by atoms with E-state index in [2.05, 4.69) is 4.98 Å². The molecular weight excluding hydrogens is 364 g/mol. The lowest BCUT2D eigenvalue weighted by molar-refractivity contribution is 0.0658. The summed E-state index contributed by atoms with van der Waals surface area (Å²) < 4.78 is 74.7. The summed E-state index contributed by atoms with van der Waals surface area (Å²) >= 11 is 0. The van der Waals surface area contributed by atoms with Gasteiger partial charge in [-0.2, -0.15) is 13.1 Å². The molecule has 0 radical (unpaired) electrons. The lowest BCUT2D eigenvalue weighted by Gasteiger charge is -2.17. The Morgan fingerprint density at radius 3 is 2.17 bits per heavy atom. The number of imidazole rings is 1. The van der Waals surface area contributed by atoms with E-state index < -0.39 is 26.4 Å². The molecule has 1 aromatic heterocycles. The summed E-state index contributed by atoms with van der Waals surface area (Å²) in [5.74, 6) is -0.108. The summed E-state index contributed by atoms with van der Waals surface area (Å²) in [6.45, 7) is -3.18. The molecule has 0 unspecified atom stereocenters. The van der Waals surface area contributed by atoms with Crippen LogP contribution in [0.4, 0.5) is 8.78 Å². The second-order valence-corrected chi connectivity index (χ2v) is 9.09. The fourth-order valence-corrected chi connectivity index (χ4v) is 3.72. The van der Waals surface area contributed by atoms with Gasteiger partial charge in [0.1, 0.15) is 5.82 Å². The van der Waals surface area contributed by atoms with Crippen LogP contribution in [-0.2, 0) is 26.4 Å². The van der Waals surface area contributed by atoms with Gasteiger partial charge in [0.2, 0.25) is 10.0 Å². The number of benzene rings is 1. The van der Waals surface area contributed by atoms with Gasteiger partial charge in [0, 0.05) is 25.7 Å². The van der Waals surface area contributed by atoms with Gasteiger partial charge < -0.3 is 0 Å². The largest absolute Gasteiger partial charge is 0.319 e. The van der Waals surface area contributed by atoms with Gasteiger partial charge in [-0.15, -0.1) is 0 Å². The number of aromatic nitrogens is 2. The minimum Gasteiger partial charge on any atom is -0.277 e. The maximum absolute atomic E-state index is 12.8. The van der Waals surface area contributed by atoms with E-state index in [9.17, 15) is 25.6 Å². The van der Waals surface area contributed by atoms with Crippen LogP contribution in [0, 0.1) is 0 Å². The molecule has 0 bridgehead atoms. The van der Waals surface area contributed by atoms with Crippen LogP contribution in [-0.4, -0.2) is 44.0 Å². The number of sulfonamides is 1. The zero-order valence-corrected chi connectivity index (χ0v) is 14.4. The Kier molecular flexibility index (Phi) is 5.06. The number of alkyl halides is 2. The third-order valence-electron chi connectivity index (χ3n) is 3.28. The van der Waals surface area contributed by atoms with Crippen molar-refractivity contribution in [3.8, 4) is 0 Å². The van der Waals surface area contributed by atoms with E-state index in [1.165, 1.54) is 19.2 Å². The molecule has 0 aliphatic carbocycles. The molecule has 0 atom stereocenters. The van der Waals surface area contributed by atoms with Crippen molar-refractivity contribution in [1.29, 1.82) is 0 Å². The monoisotopic (exact) mass is 379 g/mol. The van der Waals surface area contributed by atoms with E-state index in [0.717, 1.165) is 35.1 Å². The van der Waals surface area contributed by atoms with Crippen LogP contribution in [0.1, 0.15) is 12.4 Å². The Labute approximate surface area is 138 Å². The van der Waals surface area contributed by atoms with Crippen LogP contribution in [0.3, 0.4) is 0 Å². The standard InChI is InChI=1S/C13H15F2N3O4S2/c1-17(9-12-16-7-8-18(12)13(14)15)24(21,22)11-5-3-10(4-6-11)23(2,19)20/h3-8,13H,9H2,1-2H3. The lowest BCUT2D eigenvalue weighted by Crippen LogP contribution is -2.28. The third-order valence-corrected chi connectivity index (χ3v) is 6.23. The second kappa shape index (κ2) is 6.57. The third kappa shape index (κ3) is 3.79. The summed E-state index contributed by atoms with van der Waals surface area (Å²) in [7, 11) is -6.20. The van der Waals surface area contributed by atoms with Crippen molar-refractivity contribution < 1.29 is 25.6 Å². The van der Waals surface area contributed by atoms with Gasteiger partial charge in [-0.05, 0) is 24.3 Å². The smallest absolute Gasteiger partial charge is 0.277 e. The number of nitrogens with zero attached hydrogens (tertiary/aromatic N) is 3. The van der Waals surface area contributed by atoms with Crippen molar-refractivity contribution in [3.63, 3.8) is 0 Å². The first kappa shape index (κ1) is 18.5. The zero-order valence-electron chi connectivity index (χ0n) is 12.8. The highest BCUT2D eigenvalue weighted by atomic mass is 32.2. The van der Waals surface area contributed by atoms with E-state index in [1.807, 2.05) is 0 Å². The molecule has 7 nitrogen and oxygen atoms in total. The highest BCUT2D eigenvalue weighted by Gasteiger charge is 2.24. The number of hydrogen-bond acceptors (Lipinski definition) is 5. The molecule has 2 aromatic rings. The highest BCUT2D eigenvalue weighted by molar-refractivity contribution is 7.90. The molecule has 0 saturated carbocycles. The summed E-state index contributed by atoms with van der Waals surface area (Å²) in [6, 6.07) is 4.66. The maximum atomic E-state index is 12.8. The quantitative estimate of drug-likeness (QED) is 0.759. The molecule has 0 amide bonds. The fraction of sp³-hybridized carbons (Fsp3) is 0.308. The first-order valence-electron chi connectivity index (χ1n) is 6.60. The van der Waals surface area contributed by atoms with Crippen LogP contribution < -0.4 is 0 Å². The first-order valence-corrected chi connectivity index (χ1v) is 9.93. The second-order valence-electron chi connectivity index (χ2n) is 5.03. The van der Waals surface area contributed by atoms with Gasteiger partial charge in [-0.3, -0.25) is 4.57 Å². The predicted octanol–water partition coefficient (Wildman–Crippen LogP) is 1.50. The normalized spacial score (nSPS) is 12.9. The van der Waals surface area contributed by atoms with Gasteiger partial charge in [0.25, 0.3) is 0 Å². The van der Waals surface area contributed by atoms with Crippen LogP contribution in [0.5, 0.6) is 0 Å². The molecule has 2 rings (SSSR count). The van der Waals surface area contributed by atoms with Crippen molar-refractivity contribution in [2.24, 2.45) is 0 Å². The van der Waals surface area contributed by atoms with E-state index >= 15 is 0 Å². The predicted molar refractivity (Wildman–Crippen MR) is 81.7 cm³/mol. The molecule has 0 fully saturated rings. The molecule has 0 saturated heterocycles. The number of hydrogen-bond donors (Lipinski definition) is 0. The molecule has 0 spiro atoms. The van der Waals surface area contributed by atoms with Gasteiger partial charge >= 0.3 is 6.55 Å². The molecule has 1 aromatic carbocycles. The molecule has 11 heteroatoms. The Morgan fingerprint density at radius 2 is 1.67 bits per heavy atom. The molecule has 0 N–H and O–H groups in total. The van der Waals surface area contributed by atoms with E-state index in [1.54, 1.807) is 0 Å². The SMILES string of the molecule is CN(Cc1nccn1C(F)F)S(=O)(=O)c1ccc(S(C)(=O)=O)cc1. The van der Waals surface area contributed by atoms with E-state index in [0.29, 0.717) is 4.57 Å². The molecule has 0 aliphatic rings. The molecular formula is C13H15F2N3O4S2. The van der Waals surface area contributed by atoms with Crippen LogP contribution in [0.25, 0.3) is 0 Å². The van der Waals surface area contributed by atoms with Crippen LogP contribution >= 0.6 is 0 Å². The first-order chi connectivity index (χ1) is 11.0. The number of rotatable bonds is 6. The summed E-state index contributed by atoms with van der Waals surface area (Å²) in [5, 5.41) is 0. The maximum Gasteiger partial charge on any atom is 0.319 e. The Bertz CT molecular complexity index is 922. The molecule has 1 heterocycles. The fourth-order valence-electron chi connectivity index (χ4n) is 1.97. The van der Waals surface area contributed by atoms with Crippen molar-refractivity contribution in [1.82, 2.24) is 13.9 Å². The van der Waals surface area contributed by atoms with E-state index in [-0.39, 0.29) is 22.2 Å². The average Bonchev–Trinajstić information content (AvgIpc) is 2.94. The average molecular weight is 379 g/mol. The number of sulfone groups is 1. The van der Waals surface area contributed by atoms with Crippen molar-refractivity contribution in [3.05, 3.63) is 42.5 Å². The summed E-state index contributed by atoms with van der Waals surface area (Å²) in [5.41, 5.74) is 0. The van der Waals surface area contributed by atoms with Gasteiger partial charge in [-0.25, -0.2) is 21.8 Å². The lowest BCUT2D eigenvalue weighted by atomic mass is 10.4. The molecule has 0 aliphatic heterocycles. The Morgan fingerprint density at radius 1 is 1.12 bits per heavy atom. The highest BCUT2D eigenvalue weighted by Crippen LogP contribution is 2.20. The van der Waals surface area contributed by atoms with Crippen molar-refractivity contribution in [2.45, 2.75) is 22.9 Å². The minimum atomic E-state index is -3.98. The van der Waals surface area contributed by atoms with E-state index in [4.69, 9.17) is 0 Å². The van der Waals surface area contributed by atoms with Crippen molar-refractivity contribution >= 4 is 19.9 Å². The Balaban J connectivity index is 2.28. The van der Waals surface area contributed by atoms with Crippen LogP contribution in [0.15, 0.2) is 46.5 Å². The Hall–Kier alpha value is -1.85. The zero-order chi connectivity index (χ0) is 18.1. The summed E-state index contributed by atoms with van der Waals surface area (Å²) in [4.78, 5) is 3.57. The number of halogens is 2. The van der Waals surface area contributed by atoms with Crippen LogP contribution in [0.2, 0.25) is 0 Å². The van der Waals surface area contributed by atoms with Crippen molar-refractivity contribution in [2.75, 3.05) is 13.3 Å². The van der Waals surface area contributed by atoms with Gasteiger partial charge in [0.15, 0.2) is 9.84 Å². The summed E-state index contributed by atoms with van der Waals surface area (Å²) in [6.07, 6.45) is 3.22. The minimum absolute atomic E-state index is 0.0163. The topological polar surface area (TPSA) is 89.3 Å².